The first-order valence-electron chi connectivity index (χ1n) is 4.55. The lowest BCUT2D eigenvalue weighted by Gasteiger charge is -2.07. The third kappa shape index (κ3) is 2.52. The minimum Gasteiger partial charge on any atom is -0.319 e. The number of nitrogens with one attached hydrogen (secondary N) is 1. The highest BCUT2D eigenvalue weighted by molar-refractivity contribution is 5.32. The number of likely N-dealkylation sites (N-methyl/N-ethyl adjacent to an activating group) is 1. The van der Waals surface area contributed by atoms with E-state index in [0.29, 0.717) is 0 Å². The van der Waals surface area contributed by atoms with Crippen molar-refractivity contribution in [1.82, 2.24) is 5.32 Å². The van der Waals surface area contributed by atoms with Gasteiger partial charge in [-0.2, -0.15) is 0 Å². The van der Waals surface area contributed by atoms with Gasteiger partial charge in [0.05, 0.1) is 0 Å². The van der Waals surface area contributed by atoms with Crippen molar-refractivity contribution in [3.63, 3.8) is 0 Å². The van der Waals surface area contributed by atoms with Gasteiger partial charge >= 0.3 is 0 Å². The second-order valence-electron chi connectivity index (χ2n) is 3.38. The Labute approximate surface area is 79.0 Å². The number of hydrogen-bond donors (Lipinski definition) is 1. The number of aryl methyl sites for hydroxylation is 1. The van der Waals surface area contributed by atoms with Crippen LogP contribution in [-0.4, -0.2) is 13.6 Å². The zero-order valence-corrected chi connectivity index (χ0v) is 8.45. The molecule has 1 rings (SSSR count). The van der Waals surface area contributed by atoms with Crippen LogP contribution in [0.1, 0.15) is 16.7 Å². The summed E-state index contributed by atoms with van der Waals surface area (Å²) in [5.74, 6) is -0.0916. The van der Waals surface area contributed by atoms with E-state index >= 15 is 0 Å². The van der Waals surface area contributed by atoms with Crippen molar-refractivity contribution in [2.45, 2.75) is 20.3 Å². The van der Waals surface area contributed by atoms with E-state index in [0.717, 1.165) is 29.7 Å². The molecule has 0 aliphatic carbocycles. The van der Waals surface area contributed by atoms with E-state index in [4.69, 9.17) is 0 Å². The summed E-state index contributed by atoms with van der Waals surface area (Å²) in [6.07, 6.45) is 0.890. The molecule has 1 N–H and O–H groups in total. The Morgan fingerprint density at radius 1 is 1.31 bits per heavy atom. The maximum Gasteiger partial charge on any atom is 0.126 e. The Morgan fingerprint density at radius 2 is 2.00 bits per heavy atom. The molecular formula is C11H16FN. The fourth-order valence-corrected chi connectivity index (χ4v) is 1.41. The molecule has 0 aliphatic heterocycles. The van der Waals surface area contributed by atoms with Gasteiger partial charge in [-0.15, -0.1) is 0 Å². The van der Waals surface area contributed by atoms with E-state index in [2.05, 4.69) is 11.4 Å². The average molecular weight is 181 g/mol. The minimum absolute atomic E-state index is 0.0916. The predicted molar refractivity (Wildman–Crippen MR) is 53.5 cm³/mol. The van der Waals surface area contributed by atoms with Gasteiger partial charge in [-0.25, -0.2) is 4.39 Å². The molecule has 1 nitrogen and oxygen atoms in total. The molecule has 1 aromatic carbocycles. The first-order chi connectivity index (χ1) is 6.15. The van der Waals surface area contributed by atoms with Gasteiger partial charge < -0.3 is 5.32 Å². The molecule has 0 saturated heterocycles. The second-order valence-corrected chi connectivity index (χ2v) is 3.38. The Hall–Kier alpha value is -0.890. The smallest absolute Gasteiger partial charge is 0.126 e. The van der Waals surface area contributed by atoms with Gasteiger partial charge in [0.1, 0.15) is 5.82 Å². The summed E-state index contributed by atoms with van der Waals surface area (Å²) in [4.78, 5) is 0. The molecular weight excluding hydrogens is 165 g/mol. The Kier molecular flexibility index (Phi) is 3.43. The summed E-state index contributed by atoms with van der Waals surface area (Å²) in [6.45, 7) is 4.65. The molecule has 0 amide bonds. The first kappa shape index (κ1) is 10.2. The van der Waals surface area contributed by atoms with Crippen molar-refractivity contribution >= 4 is 0 Å². The molecule has 0 unspecified atom stereocenters. The number of rotatable bonds is 3. The van der Waals surface area contributed by atoms with Gasteiger partial charge in [0.2, 0.25) is 0 Å². The van der Waals surface area contributed by atoms with E-state index in [1.165, 1.54) is 0 Å². The van der Waals surface area contributed by atoms with Crippen molar-refractivity contribution in [3.8, 4) is 0 Å². The standard InChI is InChI=1S/C11H16FN/c1-8-6-10(4-5-13-3)9(2)11(12)7-8/h6-7,13H,4-5H2,1-3H3. The molecule has 0 aliphatic rings. The SMILES string of the molecule is CNCCc1cc(C)cc(F)c1C. The Morgan fingerprint density at radius 3 is 2.62 bits per heavy atom. The van der Waals surface area contributed by atoms with Crippen LogP contribution < -0.4 is 5.32 Å². The lowest BCUT2D eigenvalue weighted by Crippen LogP contribution is -2.11. The quantitative estimate of drug-likeness (QED) is 0.753. The van der Waals surface area contributed by atoms with Crippen LogP contribution in [0.5, 0.6) is 0 Å². The van der Waals surface area contributed by atoms with Crippen molar-refractivity contribution in [2.75, 3.05) is 13.6 Å². The summed E-state index contributed by atoms with van der Waals surface area (Å²) < 4.78 is 13.2. The highest BCUT2D eigenvalue weighted by Gasteiger charge is 2.04. The van der Waals surface area contributed by atoms with Crippen LogP contribution in [0.4, 0.5) is 4.39 Å². The van der Waals surface area contributed by atoms with E-state index in [9.17, 15) is 4.39 Å². The van der Waals surface area contributed by atoms with E-state index in [1.54, 1.807) is 6.07 Å². The van der Waals surface area contributed by atoms with E-state index in [-0.39, 0.29) is 5.82 Å². The summed E-state index contributed by atoms with van der Waals surface area (Å²) >= 11 is 0. The molecule has 0 fully saturated rings. The largest absolute Gasteiger partial charge is 0.319 e. The third-order valence-corrected chi connectivity index (χ3v) is 2.24. The summed E-state index contributed by atoms with van der Waals surface area (Å²) in [6, 6.07) is 3.63. The van der Waals surface area contributed by atoms with Gasteiger partial charge in [0, 0.05) is 0 Å². The van der Waals surface area contributed by atoms with Crippen molar-refractivity contribution < 1.29 is 4.39 Å². The normalized spacial score (nSPS) is 10.5. The van der Waals surface area contributed by atoms with Gasteiger partial charge in [0.15, 0.2) is 0 Å². The maximum atomic E-state index is 13.2. The molecule has 0 spiro atoms. The molecule has 2 heteroatoms. The summed E-state index contributed by atoms with van der Waals surface area (Å²) in [5, 5.41) is 3.06. The predicted octanol–water partition coefficient (Wildman–Crippen LogP) is 2.20. The van der Waals surface area contributed by atoms with Crippen LogP contribution in [0.15, 0.2) is 12.1 Å². The van der Waals surface area contributed by atoms with Crippen LogP contribution in [0.25, 0.3) is 0 Å². The zero-order valence-electron chi connectivity index (χ0n) is 8.45. The summed E-state index contributed by atoms with van der Waals surface area (Å²) in [5.41, 5.74) is 2.88. The fraction of sp³-hybridized carbons (Fsp3) is 0.455. The molecule has 0 atom stereocenters. The molecule has 13 heavy (non-hydrogen) atoms. The van der Waals surface area contributed by atoms with Crippen LogP contribution in [0.3, 0.4) is 0 Å². The molecule has 0 aromatic heterocycles. The second kappa shape index (κ2) is 4.38. The average Bonchev–Trinajstić information content (AvgIpc) is 2.09. The topological polar surface area (TPSA) is 12.0 Å². The molecule has 72 valence electrons. The number of benzene rings is 1. The monoisotopic (exact) mass is 181 g/mol. The van der Waals surface area contributed by atoms with Crippen molar-refractivity contribution in [2.24, 2.45) is 0 Å². The molecule has 0 saturated carbocycles. The molecule has 1 aromatic rings. The van der Waals surface area contributed by atoms with Gasteiger partial charge in [-0.3, -0.25) is 0 Å². The van der Waals surface area contributed by atoms with Crippen LogP contribution >= 0.6 is 0 Å². The minimum atomic E-state index is -0.0916. The zero-order chi connectivity index (χ0) is 9.84. The highest BCUT2D eigenvalue weighted by Crippen LogP contribution is 2.15. The van der Waals surface area contributed by atoms with E-state index < -0.39 is 0 Å². The number of halogens is 1. The molecule has 0 heterocycles. The number of hydrogen-bond acceptors (Lipinski definition) is 1. The molecule has 0 radical (unpaired) electrons. The molecule has 0 bridgehead atoms. The van der Waals surface area contributed by atoms with Crippen LogP contribution in [0.2, 0.25) is 0 Å². The van der Waals surface area contributed by atoms with Crippen LogP contribution in [-0.2, 0) is 6.42 Å². The van der Waals surface area contributed by atoms with Crippen molar-refractivity contribution in [1.29, 1.82) is 0 Å². The van der Waals surface area contributed by atoms with Gasteiger partial charge in [-0.05, 0) is 56.6 Å². The fourth-order valence-electron chi connectivity index (χ4n) is 1.41. The van der Waals surface area contributed by atoms with Crippen molar-refractivity contribution in [3.05, 3.63) is 34.6 Å². The first-order valence-corrected chi connectivity index (χ1v) is 4.55. The lowest BCUT2D eigenvalue weighted by atomic mass is 10.0. The third-order valence-electron chi connectivity index (χ3n) is 2.24. The Bertz CT molecular complexity index is 294. The maximum absolute atomic E-state index is 13.2. The van der Waals surface area contributed by atoms with Gasteiger partial charge in [0.25, 0.3) is 0 Å². The Balaban J connectivity index is 2.92. The lowest BCUT2D eigenvalue weighted by molar-refractivity contribution is 0.613. The summed E-state index contributed by atoms with van der Waals surface area (Å²) in [7, 11) is 1.90. The van der Waals surface area contributed by atoms with Crippen LogP contribution in [0, 0.1) is 19.7 Å². The highest BCUT2D eigenvalue weighted by atomic mass is 19.1. The van der Waals surface area contributed by atoms with E-state index in [1.807, 2.05) is 20.9 Å². The van der Waals surface area contributed by atoms with Gasteiger partial charge in [-0.1, -0.05) is 6.07 Å².